The van der Waals surface area contributed by atoms with E-state index in [1.165, 1.54) is 18.2 Å². The molecule has 0 bridgehead atoms. The van der Waals surface area contributed by atoms with Crippen LogP contribution in [0.3, 0.4) is 0 Å². The Bertz CT molecular complexity index is 1060. The van der Waals surface area contributed by atoms with Crippen LogP contribution in [0.2, 0.25) is 0 Å². The summed E-state index contributed by atoms with van der Waals surface area (Å²) >= 11 is 3.46. The molecule has 0 atom stereocenters. The highest BCUT2D eigenvalue weighted by molar-refractivity contribution is 9.10. The van der Waals surface area contributed by atoms with Crippen molar-refractivity contribution in [3.8, 4) is 6.07 Å². The van der Waals surface area contributed by atoms with Crippen LogP contribution >= 0.6 is 15.9 Å². The number of benzene rings is 2. The van der Waals surface area contributed by atoms with E-state index in [-0.39, 0.29) is 16.8 Å². The van der Waals surface area contributed by atoms with E-state index in [4.69, 9.17) is 5.26 Å². The molecule has 1 heterocycles. The van der Waals surface area contributed by atoms with Crippen LogP contribution < -0.4 is 5.32 Å². The summed E-state index contributed by atoms with van der Waals surface area (Å²) in [6.45, 7) is 0. The van der Waals surface area contributed by atoms with Gasteiger partial charge in [-0.15, -0.1) is 0 Å². The third-order valence-electron chi connectivity index (χ3n) is 3.87. The first-order valence-corrected chi connectivity index (χ1v) is 8.04. The number of halogens is 1. The van der Waals surface area contributed by atoms with Gasteiger partial charge in [0.1, 0.15) is 5.69 Å². The molecule has 1 aromatic heterocycles. The molecule has 124 valence electrons. The fourth-order valence-corrected chi connectivity index (χ4v) is 3.32. The number of aryl methyl sites for hydroxylation is 1. The second-order valence-electron chi connectivity index (χ2n) is 5.40. The van der Waals surface area contributed by atoms with E-state index >= 15 is 0 Å². The molecule has 2 N–H and O–H groups in total. The summed E-state index contributed by atoms with van der Waals surface area (Å²) in [5.74, 6) is -1.65. The lowest BCUT2D eigenvalue weighted by Gasteiger charge is -2.10. The first kappa shape index (κ1) is 16.7. The molecule has 0 fully saturated rings. The van der Waals surface area contributed by atoms with Crippen LogP contribution in [0.5, 0.6) is 0 Å². The summed E-state index contributed by atoms with van der Waals surface area (Å²) in [6.07, 6.45) is 0. The average molecular weight is 398 g/mol. The fraction of sp³-hybridized carbons (Fsp3) is 0.0556. The maximum atomic E-state index is 12.6. The number of aromatic carboxylic acids is 1. The molecule has 3 aromatic rings. The Kier molecular flexibility index (Phi) is 4.30. The molecular weight excluding hydrogens is 386 g/mol. The quantitative estimate of drug-likeness (QED) is 0.702. The van der Waals surface area contributed by atoms with Crippen LogP contribution in [0.25, 0.3) is 10.9 Å². The lowest BCUT2D eigenvalue weighted by Crippen LogP contribution is -2.17. The number of fused-ring (bicyclic) bond motifs is 1. The predicted octanol–water partition coefficient (Wildman–Crippen LogP) is 3.76. The van der Waals surface area contributed by atoms with Crippen LogP contribution in [-0.2, 0) is 7.05 Å². The van der Waals surface area contributed by atoms with Crippen molar-refractivity contribution in [2.45, 2.75) is 0 Å². The molecule has 3 rings (SSSR count). The Morgan fingerprint density at radius 1 is 1.24 bits per heavy atom. The van der Waals surface area contributed by atoms with Gasteiger partial charge in [0.25, 0.3) is 5.91 Å². The van der Waals surface area contributed by atoms with Crippen molar-refractivity contribution in [3.05, 3.63) is 63.8 Å². The number of aromatic nitrogens is 1. The zero-order chi connectivity index (χ0) is 18.1. The number of anilines is 1. The third-order valence-corrected chi connectivity index (χ3v) is 4.51. The number of hydrogen-bond acceptors (Lipinski definition) is 3. The number of para-hydroxylation sites is 1. The maximum absolute atomic E-state index is 12.6. The van der Waals surface area contributed by atoms with Crippen LogP contribution in [0.1, 0.15) is 26.4 Å². The molecule has 0 aliphatic heterocycles. The first-order chi connectivity index (χ1) is 11.9. The Hall–Kier alpha value is -3.11. The minimum atomic E-state index is -1.22. The summed E-state index contributed by atoms with van der Waals surface area (Å²) in [5.41, 5.74) is 1.48. The lowest BCUT2D eigenvalue weighted by molar-refractivity contribution is 0.0698. The van der Waals surface area contributed by atoms with Crippen LogP contribution in [0.4, 0.5) is 5.69 Å². The van der Waals surface area contributed by atoms with Crippen molar-refractivity contribution in [1.82, 2.24) is 4.57 Å². The number of nitrogens with zero attached hydrogens (tertiary/aromatic N) is 2. The minimum Gasteiger partial charge on any atom is -0.478 e. The van der Waals surface area contributed by atoms with Gasteiger partial charge in [-0.3, -0.25) is 4.79 Å². The average Bonchev–Trinajstić information content (AvgIpc) is 2.93. The minimum absolute atomic E-state index is 0.132. The van der Waals surface area contributed by atoms with E-state index in [1.807, 2.05) is 24.3 Å². The van der Waals surface area contributed by atoms with E-state index in [0.29, 0.717) is 5.69 Å². The van der Waals surface area contributed by atoms with E-state index in [0.717, 1.165) is 15.4 Å². The smallest absolute Gasteiger partial charge is 0.337 e. The van der Waals surface area contributed by atoms with Crippen molar-refractivity contribution in [2.75, 3.05) is 5.32 Å². The number of carboxylic acid groups (broad SMARTS) is 1. The SMILES string of the molecule is Cn1c(C(=O)Nc2ccc(C#N)cc2C(=O)O)cc2cccc(Br)c21. The molecule has 25 heavy (non-hydrogen) atoms. The van der Waals surface area contributed by atoms with Gasteiger partial charge >= 0.3 is 5.97 Å². The molecular formula is C18H12BrN3O3. The van der Waals surface area contributed by atoms with Gasteiger partial charge in [0, 0.05) is 16.9 Å². The van der Waals surface area contributed by atoms with E-state index in [1.54, 1.807) is 17.7 Å². The number of carbonyl (C=O) groups excluding carboxylic acids is 1. The second-order valence-corrected chi connectivity index (χ2v) is 6.25. The van der Waals surface area contributed by atoms with E-state index in [2.05, 4.69) is 21.2 Å². The van der Waals surface area contributed by atoms with Crippen molar-refractivity contribution in [3.63, 3.8) is 0 Å². The number of nitriles is 1. The highest BCUT2D eigenvalue weighted by Gasteiger charge is 2.18. The monoisotopic (exact) mass is 397 g/mol. The standard InChI is InChI=1S/C18H12BrN3O3/c1-22-15(8-11-3-2-4-13(19)16(11)22)17(23)21-14-6-5-10(9-20)7-12(14)18(24)25/h2-8H,1H3,(H,21,23)(H,24,25). The topological polar surface area (TPSA) is 95.1 Å². The molecule has 0 aliphatic carbocycles. The fourth-order valence-electron chi connectivity index (χ4n) is 2.67. The van der Waals surface area contributed by atoms with Gasteiger partial charge in [-0.25, -0.2) is 4.79 Å². The van der Waals surface area contributed by atoms with Crippen molar-refractivity contribution < 1.29 is 14.7 Å². The predicted molar refractivity (Wildman–Crippen MR) is 96.7 cm³/mol. The Morgan fingerprint density at radius 3 is 2.64 bits per heavy atom. The van der Waals surface area contributed by atoms with Gasteiger partial charge in [0.05, 0.1) is 28.4 Å². The highest BCUT2D eigenvalue weighted by atomic mass is 79.9. The molecule has 0 radical (unpaired) electrons. The van der Waals surface area contributed by atoms with Gasteiger partial charge in [0.15, 0.2) is 0 Å². The maximum Gasteiger partial charge on any atom is 0.337 e. The number of carboxylic acids is 1. The Labute approximate surface area is 151 Å². The van der Waals surface area contributed by atoms with Crippen molar-refractivity contribution in [2.24, 2.45) is 7.05 Å². The molecule has 0 saturated heterocycles. The molecule has 1 amide bonds. The summed E-state index contributed by atoms with van der Waals surface area (Å²) in [6, 6.07) is 13.4. The van der Waals surface area contributed by atoms with E-state index in [9.17, 15) is 14.7 Å². The van der Waals surface area contributed by atoms with Crippen molar-refractivity contribution >= 4 is 44.4 Å². The largest absolute Gasteiger partial charge is 0.478 e. The second kappa shape index (κ2) is 6.42. The molecule has 0 unspecified atom stereocenters. The normalized spacial score (nSPS) is 10.4. The van der Waals surface area contributed by atoms with Gasteiger partial charge < -0.3 is 15.0 Å². The summed E-state index contributed by atoms with van der Waals surface area (Å²) in [4.78, 5) is 24.0. The number of amides is 1. The Balaban J connectivity index is 2.02. The van der Waals surface area contributed by atoms with Crippen molar-refractivity contribution in [1.29, 1.82) is 5.26 Å². The first-order valence-electron chi connectivity index (χ1n) is 7.25. The molecule has 2 aromatic carbocycles. The number of hydrogen-bond donors (Lipinski definition) is 2. The molecule has 7 heteroatoms. The summed E-state index contributed by atoms with van der Waals surface area (Å²) < 4.78 is 2.59. The van der Waals surface area contributed by atoms with E-state index < -0.39 is 11.9 Å². The molecule has 0 spiro atoms. The number of nitrogens with one attached hydrogen (secondary N) is 1. The van der Waals surface area contributed by atoms with Crippen LogP contribution in [0, 0.1) is 11.3 Å². The zero-order valence-corrected chi connectivity index (χ0v) is 14.7. The molecule has 0 aliphatic rings. The van der Waals surface area contributed by atoms with Gasteiger partial charge in [-0.2, -0.15) is 5.26 Å². The van der Waals surface area contributed by atoms with Gasteiger partial charge in [-0.1, -0.05) is 12.1 Å². The van der Waals surface area contributed by atoms with Crippen LogP contribution in [0.15, 0.2) is 46.9 Å². The summed E-state index contributed by atoms with van der Waals surface area (Å²) in [7, 11) is 1.76. The zero-order valence-electron chi connectivity index (χ0n) is 13.1. The molecule has 6 nitrogen and oxygen atoms in total. The lowest BCUT2D eigenvalue weighted by atomic mass is 10.1. The summed E-state index contributed by atoms with van der Waals surface area (Å²) in [5, 5.41) is 21.7. The number of carbonyl (C=O) groups is 2. The number of rotatable bonds is 3. The van der Waals surface area contributed by atoms with Gasteiger partial charge in [0.2, 0.25) is 0 Å². The third kappa shape index (κ3) is 2.99. The molecule has 0 saturated carbocycles. The highest BCUT2D eigenvalue weighted by Crippen LogP contribution is 2.27. The van der Waals surface area contributed by atoms with Gasteiger partial charge in [-0.05, 0) is 46.3 Å². The van der Waals surface area contributed by atoms with Crippen LogP contribution in [-0.4, -0.2) is 21.6 Å². The Morgan fingerprint density at radius 2 is 2.00 bits per heavy atom.